The SMILES string of the molecule is CCC1(CN(C)Cc2cccc(OC)c2)CCCNC1. The van der Waals surface area contributed by atoms with Crippen molar-refractivity contribution >= 4 is 0 Å². The first-order valence-corrected chi connectivity index (χ1v) is 7.70. The summed E-state index contributed by atoms with van der Waals surface area (Å²) in [4.78, 5) is 2.45. The number of hydrogen-bond donors (Lipinski definition) is 1. The Morgan fingerprint density at radius 1 is 1.40 bits per heavy atom. The summed E-state index contributed by atoms with van der Waals surface area (Å²) < 4.78 is 5.30. The van der Waals surface area contributed by atoms with Crippen LogP contribution in [0.25, 0.3) is 0 Å². The second kappa shape index (κ2) is 7.09. The van der Waals surface area contributed by atoms with Crippen LogP contribution in [0.5, 0.6) is 5.75 Å². The molecule has 1 aliphatic heterocycles. The molecule has 0 aliphatic carbocycles. The molecule has 1 saturated heterocycles. The lowest BCUT2D eigenvalue weighted by Gasteiger charge is -2.40. The molecule has 1 N–H and O–H groups in total. The number of benzene rings is 1. The molecule has 20 heavy (non-hydrogen) atoms. The van der Waals surface area contributed by atoms with E-state index in [9.17, 15) is 0 Å². The summed E-state index contributed by atoms with van der Waals surface area (Å²) in [7, 11) is 3.95. The zero-order valence-electron chi connectivity index (χ0n) is 13.1. The van der Waals surface area contributed by atoms with Crippen molar-refractivity contribution < 1.29 is 4.74 Å². The summed E-state index contributed by atoms with van der Waals surface area (Å²) >= 11 is 0. The van der Waals surface area contributed by atoms with Gasteiger partial charge in [0.15, 0.2) is 0 Å². The van der Waals surface area contributed by atoms with E-state index in [0.29, 0.717) is 5.41 Å². The predicted molar refractivity (Wildman–Crippen MR) is 84.2 cm³/mol. The molecule has 112 valence electrons. The van der Waals surface area contributed by atoms with E-state index in [-0.39, 0.29) is 0 Å². The molecule has 3 heteroatoms. The zero-order valence-corrected chi connectivity index (χ0v) is 13.1. The molecule has 1 aliphatic rings. The Kier molecular flexibility index (Phi) is 5.44. The number of nitrogens with zero attached hydrogens (tertiary/aromatic N) is 1. The van der Waals surface area contributed by atoms with Crippen LogP contribution in [0.15, 0.2) is 24.3 Å². The molecule has 0 radical (unpaired) electrons. The van der Waals surface area contributed by atoms with E-state index in [0.717, 1.165) is 25.4 Å². The summed E-state index contributed by atoms with van der Waals surface area (Å²) in [6, 6.07) is 8.38. The monoisotopic (exact) mass is 276 g/mol. The highest BCUT2D eigenvalue weighted by atomic mass is 16.5. The van der Waals surface area contributed by atoms with Gasteiger partial charge in [-0.05, 0) is 56.0 Å². The second-order valence-corrected chi connectivity index (χ2v) is 6.16. The lowest BCUT2D eigenvalue weighted by Crippen LogP contribution is -2.46. The van der Waals surface area contributed by atoms with E-state index < -0.39 is 0 Å². The molecule has 2 rings (SSSR count). The maximum atomic E-state index is 5.30. The third kappa shape index (κ3) is 3.97. The number of methoxy groups -OCH3 is 1. The molecule has 0 bridgehead atoms. The smallest absolute Gasteiger partial charge is 0.119 e. The van der Waals surface area contributed by atoms with Crippen molar-refractivity contribution in [3.63, 3.8) is 0 Å². The van der Waals surface area contributed by atoms with Crippen molar-refractivity contribution in [3.8, 4) is 5.75 Å². The number of rotatable bonds is 6. The van der Waals surface area contributed by atoms with Crippen LogP contribution in [-0.2, 0) is 6.54 Å². The summed E-state index contributed by atoms with van der Waals surface area (Å²) in [5, 5.41) is 3.57. The standard InChI is InChI=1S/C17H28N2O/c1-4-17(9-6-10-18-13-17)14-19(2)12-15-7-5-8-16(11-15)20-3/h5,7-8,11,18H,4,6,9-10,12-14H2,1-3H3. The van der Waals surface area contributed by atoms with Gasteiger partial charge in [0.1, 0.15) is 5.75 Å². The van der Waals surface area contributed by atoms with E-state index in [2.05, 4.69) is 42.4 Å². The highest BCUT2D eigenvalue weighted by Crippen LogP contribution is 2.31. The van der Waals surface area contributed by atoms with E-state index >= 15 is 0 Å². The molecule has 1 aromatic rings. The summed E-state index contributed by atoms with van der Waals surface area (Å²) in [6.07, 6.45) is 3.91. The molecule has 0 aromatic heterocycles. The third-order valence-electron chi connectivity index (χ3n) is 4.50. The molecule has 3 nitrogen and oxygen atoms in total. The van der Waals surface area contributed by atoms with Crippen LogP contribution in [-0.4, -0.2) is 38.7 Å². The van der Waals surface area contributed by atoms with Gasteiger partial charge >= 0.3 is 0 Å². The van der Waals surface area contributed by atoms with Gasteiger partial charge < -0.3 is 15.0 Å². The fourth-order valence-corrected chi connectivity index (χ4v) is 3.29. The number of piperidine rings is 1. The van der Waals surface area contributed by atoms with Gasteiger partial charge in [-0.2, -0.15) is 0 Å². The minimum atomic E-state index is 0.450. The van der Waals surface area contributed by atoms with E-state index in [1.807, 2.05) is 6.07 Å². The molecular weight excluding hydrogens is 248 g/mol. The van der Waals surface area contributed by atoms with Crippen LogP contribution >= 0.6 is 0 Å². The Balaban J connectivity index is 1.95. The molecule has 1 heterocycles. The van der Waals surface area contributed by atoms with Crippen molar-refractivity contribution in [2.24, 2.45) is 5.41 Å². The minimum absolute atomic E-state index is 0.450. The summed E-state index contributed by atoms with van der Waals surface area (Å²) in [5.41, 5.74) is 1.77. The lowest BCUT2D eigenvalue weighted by atomic mass is 9.78. The average molecular weight is 276 g/mol. The van der Waals surface area contributed by atoms with Gasteiger partial charge in [-0.25, -0.2) is 0 Å². The van der Waals surface area contributed by atoms with E-state index in [1.54, 1.807) is 7.11 Å². The maximum Gasteiger partial charge on any atom is 0.119 e. The van der Waals surface area contributed by atoms with Gasteiger partial charge in [0.05, 0.1) is 7.11 Å². The van der Waals surface area contributed by atoms with Crippen LogP contribution in [0.3, 0.4) is 0 Å². The fraction of sp³-hybridized carbons (Fsp3) is 0.647. The van der Waals surface area contributed by atoms with Crippen molar-refractivity contribution in [1.29, 1.82) is 0 Å². The van der Waals surface area contributed by atoms with Crippen molar-refractivity contribution in [2.45, 2.75) is 32.7 Å². The first kappa shape index (κ1) is 15.3. The molecule has 1 fully saturated rings. The Morgan fingerprint density at radius 3 is 2.90 bits per heavy atom. The van der Waals surface area contributed by atoms with E-state index in [1.165, 1.54) is 31.4 Å². The topological polar surface area (TPSA) is 24.5 Å². The van der Waals surface area contributed by atoms with Gasteiger partial charge in [-0.15, -0.1) is 0 Å². The van der Waals surface area contributed by atoms with E-state index in [4.69, 9.17) is 4.74 Å². The molecule has 0 spiro atoms. The van der Waals surface area contributed by atoms with Crippen LogP contribution in [0.2, 0.25) is 0 Å². The molecule has 1 unspecified atom stereocenters. The Hall–Kier alpha value is -1.06. The summed E-state index contributed by atoms with van der Waals surface area (Å²) in [6.45, 7) is 6.81. The third-order valence-corrected chi connectivity index (χ3v) is 4.50. The van der Waals surface area contributed by atoms with Crippen LogP contribution < -0.4 is 10.1 Å². The van der Waals surface area contributed by atoms with Crippen LogP contribution in [0.1, 0.15) is 31.7 Å². The normalized spacial score (nSPS) is 23.0. The predicted octanol–water partition coefficient (Wildman–Crippen LogP) is 2.91. The highest BCUT2D eigenvalue weighted by molar-refractivity contribution is 5.28. The van der Waals surface area contributed by atoms with Gasteiger partial charge in [0.25, 0.3) is 0 Å². The number of ether oxygens (including phenoxy) is 1. The van der Waals surface area contributed by atoms with Crippen LogP contribution in [0, 0.1) is 5.41 Å². The van der Waals surface area contributed by atoms with Crippen molar-refractivity contribution in [3.05, 3.63) is 29.8 Å². The maximum absolute atomic E-state index is 5.30. The largest absolute Gasteiger partial charge is 0.497 e. The van der Waals surface area contributed by atoms with Gasteiger partial charge in [-0.3, -0.25) is 0 Å². The van der Waals surface area contributed by atoms with Gasteiger partial charge in [0, 0.05) is 19.6 Å². The molecule has 0 amide bonds. The molecule has 1 aromatic carbocycles. The van der Waals surface area contributed by atoms with Crippen molar-refractivity contribution in [2.75, 3.05) is 33.8 Å². The molecule has 1 atom stereocenters. The molecular formula is C17H28N2O. The highest BCUT2D eigenvalue weighted by Gasteiger charge is 2.31. The Morgan fingerprint density at radius 2 is 2.25 bits per heavy atom. The average Bonchev–Trinajstić information content (AvgIpc) is 2.48. The Labute approximate surface area is 123 Å². The fourth-order valence-electron chi connectivity index (χ4n) is 3.29. The van der Waals surface area contributed by atoms with Crippen LogP contribution in [0.4, 0.5) is 0 Å². The first-order valence-electron chi connectivity index (χ1n) is 7.70. The quantitative estimate of drug-likeness (QED) is 0.864. The first-order chi connectivity index (χ1) is 9.67. The molecule has 0 saturated carbocycles. The number of hydrogen-bond acceptors (Lipinski definition) is 3. The summed E-state index contributed by atoms with van der Waals surface area (Å²) in [5.74, 6) is 0.945. The second-order valence-electron chi connectivity index (χ2n) is 6.16. The van der Waals surface area contributed by atoms with Gasteiger partial charge in [-0.1, -0.05) is 19.1 Å². The minimum Gasteiger partial charge on any atom is -0.497 e. The van der Waals surface area contributed by atoms with Gasteiger partial charge in [0.2, 0.25) is 0 Å². The Bertz CT molecular complexity index is 413. The zero-order chi connectivity index (χ0) is 14.4. The number of nitrogens with one attached hydrogen (secondary N) is 1. The lowest BCUT2D eigenvalue weighted by molar-refractivity contribution is 0.125. The van der Waals surface area contributed by atoms with Crippen molar-refractivity contribution in [1.82, 2.24) is 10.2 Å².